The minimum Gasteiger partial charge on any atom is -0.508 e. The third-order valence-electron chi connectivity index (χ3n) is 7.29. The van der Waals surface area contributed by atoms with E-state index in [4.69, 9.17) is 0 Å². The Balaban J connectivity index is 1.22. The van der Waals surface area contributed by atoms with Gasteiger partial charge in [0.05, 0.1) is 12.5 Å². The summed E-state index contributed by atoms with van der Waals surface area (Å²) in [4.78, 5) is 15.3. The predicted octanol–water partition coefficient (Wildman–Crippen LogP) is 4.07. The lowest BCUT2D eigenvalue weighted by Gasteiger charge is -2.32. The first-order valence-corrected chi connectivity index (χ1v) is 13.7. The molecule has 1 atom stereocenters. The molecule has 1 aliphatic heterocycles. The highest BCUT2D eigenvalue weighted by molar-refractivity contribution is 5.78. The molecule has 208 valence electrons. The molecule has 7 heteroatoms. The van der Waals surface area contributed by atoms with Crippen LogP contribution in [0.1, 0.15) is 55.0 Å². The molecule has 3 aromatic rings. The minimum atomic E-state index is -0.873. The fourth-order valence-corrected chi connectivity index (χ4v) is 5.26. The molecule has 0 unspecified atom stereocenters. The monoisotopic (exact) mass is 531 g/mol. The van der Waals surface area contributed by atoms with Crippen molar-refractivity contribution in [2.45, 2.75) is 63.8 Å². The van der Waals surface area contributed by atoms with Crippen LogP contribution in [0.25, 0.3) is 0 Å². The van der Waals surface area contributed by atoms with Crippen LogP contribution in [0, 0.1) is 0 Å². The smallest absolute Gasteiger partial charge is 0.224 e. The highest BCUT2D eigenvalue weighted by atomic mass is 16.3. The van der Waals surface area contributed by atoms with E-state index >= 15 is 0 Å². The van der Waals surface area contributed by atoms with E-state index in [0.29, 0.717) is 18.4 Å². The molecule has 1 saturated heterocycles. The SMILES string of the molecule is CC(C)(Cc1cccc(CC(=O)NC2CCN(Cc3ccccc3)CC2)c1)NC[C@H](O)c1cc(O)cc(O)c1. The summed E-state index contributed by atoms with van der Waals surface area (Å²) in [5, 5.41) is 36.5. The normalized spacial score (nSPS) is 15.7. The van der Waals surface area contributed by atoms with Crippen LogP contribution in [-0.4, -0.2) is 57.3 Å². The van der Waals surface area contributed by atoms with E-state index in [1.165, 1.54) is 23.8 Å². The van der Waals surface area contributed by atoms with Crippen LogP contribution in [0.4, 0.5) is 0 Å². The average molecular weight is 532 g/mol. The molecule has 1 amide bonds. The van der Waals surface area contributed by atoms with Gasteiger partial charge in [-0.05, 0) is 67.5 Å². The number of rotatable bonds is 11. The van der Waals surface area contributed by atoms with E-state index in [-0.39, 0.29) is 35.5 Å². The number of carbonyl (C=O) groups is 1. The molecule has 1 heterocycles. The molecular formula is C32H41N3O4. The van der Waals surface area contributed by atoms with Crippen molar-refractivity contribution in [3.05, 3.63) is 95.1 Å². The highest BCUT2D eigenvalue weighted by Crippen LogP contribution is 2.25. The maximum atomic E-state index is 12.8. The Labute approximate surface area is 231 Å². The molecule has 0 bridgehead atoms. The highest BCUT2D eigenvalue weighted by Gasteiger charge is 2.22. The Morgan fingerprint density at radius 1 is 0.923 bits per heavy atom. The van der Waals surface area contributed by atoms with Gasteiger partial charge in [-0.2, -0.15) is 0 Å². The van der Waals surface area contributed by atoms with Crippen molar-refractivity contribution in [3.8, 4) is 11.5 Å². The summed E-state index contributed by atoms with van der Waals surface area (Å²) in [6, 6.07) is 23.0. The largest absolute Gasteiger partial charge is 0.508 e. The number of benzene rings is 3. The fourth-order valence-electron chi connectivity index (χ4n) is 5.26. The quantitative estimate of drug-likeness (QED) is 0.256. The van der Waals surface area contributed by atoms with Crippen LogP contribution in [-0.2, 0) is 24.2 Å². The number of nitrogens with one attached hydrogen (secondary N) is 2. The third-order valence-corrected chi connectivity index (χ3v) is 7.29. The molecule has 39 heavy (non-hydrogen) atoms. The van der Waals surface area contributed by atoms with Gasteiger partial charge in [0.2, 0.25) is 5.91 Å². The minimum absolute atomic E-state index is 0.0588. The fraction of sp³-hybridized carbons (Fsp3) is 0.406. The lowest BCUT2D eigenvalue weighted by molar-refractivity contribution is -0.121. The van der Waals surface area contributed by atoms with Crippen molar-refractivity contribution in [2.24, 2.45) is 0 Å². The van der Waals surface area contributed by atoms with Gasteiger partial charge in [0.25, 0.3) is 0 Å². The standard InChI is InChI=1S/C32H41N3O4/c1-32(2,33-21-30(38)26-17-28(36)19-29(37)18-26)20-25-10-6-9-24(15-25)16-31(39)34-27-11-13-35(14-12-27)22-23-7-4-3-5-8-23/h3-10,15,17-19,27,30,33,36-38H,11-14,16,20-22H2,1-2H3,(H,34,39)/t30-/m0/s1. The van der Waals surface area contributed by atoms with Crippen molar-refractivity contribution in [3.63, 3.8) is 0 Å². The molecule has 4 rings (SSSR count). The molecule has 0 aromatic heterocycles. The van der Waals surface area contributed by atoms with E-state index in [1.807, 2.05) is 18.2 Å². The second-order valence-electron chi connectivity index (χ2n) is 11.3. The van der Waals surface area contributed by atoms with Crippen LogP contribution >= 0.6 is 0 Å². The Kier molecular flexibility index (Phi) is 9.62. The summed E-state index contributed by atoms with van der Waals surface area (Å²) in [5.41, 5.74) is 3.54. The zero-order valence-electron chi connectivity index (χ0n) is 22.9. The first kappa shape index (κ1) is 28.6. The number of aromatic hydroxyl groups is 2. The van der Waals surface area contributed by atoms with Crippen LogP contribution in [0.15, 0.2) is 72.8 Å². The molecule has 5 N–H and O–H groups in total. The van der Waals surface area contributed by atoms with Crippen LogP contribution in [0.5, 0.6) is 11.5 Å². The van der Waals surface area contributed by atoms with E-state index in [2.05, 4.69) is 65.8 Å². The summed E-state index contributed by atoms with van der Waals surface area (Å²) in [6.45, 7) is 7.31. The van der Waals surface area contributed by atoms with Crippen molar-refractivity contribution >= 4 is 5.91 Å². The van der Waals surface area contributed by atoms with E-state index in [9.17, 15) is 20.1 Å². The summed E-state index contributed by atoms with van der Waals surface area (Å²) in [7, 11) is 0. The van der Waals surface area contributed by atoms with Gasteiger partial charge in [-0.3, -0.25) is 9.69 Å². The molecule has 0 radical (unpaired) electrons. The van der Waals surface area contributed by atoms with E-state index in [0.717, 1.165) is 43.6 Å². The lowest BCUT2D eigenvalue weighted by Crippen LogP contribution is -2.44. The summed E-state index contributed by atoms with van der Waals surface area (Å²) >= 11 is 0. The van der Waals surface area contributed by atoms with Gasteiger partial charge in [-0.1, -0.05) is 54.6 Å². The van der Waals surface area contributed by atoms with Gasteiger partial charge in [-0.25, -0.2) is 0 Å². The van der Waals surface area contributed by atoms with Crippen molar-refractivity contribution < 1.29 is 20.1 Å². The number of phenolic OH excluding ortho intramolecular Hbond substituents is 2. The molecular weight excluding hydrogens is 490 g/mol. The Morgan fingerprint density at radius 2 is 1.56 bits per heavy atom. The number of aliphatic hydroxyl groups excluding tert-OH is 1. The number of β-amino-alcohol motifs (C(OH)–C–C–N with tert-alkyl or cyclic N) is 1. The summed E-state index contributed by atoms with van der Waals surface area (Å²) < 4.78 is 0. The van der Waals surface area contributed by atoms with E-state index in [1.54, 1.807) is 0 Å². The molecule has 0 saturated carbocycles. The second-order valence-corrected chi connectivity index (χ2v) is 11.3. The number of amides is 1. The summed E-state index contributed by atoms with van der Waals surface area (Å²) in [5.74, 6) is -0.112. The molecule has 0 aliphatic carbocycles. The Hall–Kier alpha value is -3.39. The number of likely N-dealkylation sites (tertiary alicyclic amines) is 1. The Morgan fingerprint density at radius 3 is 2.26 bits per heavy atom. The number of aliphatic hydroxyl groups is 1. The third kappa shape index (κ3) is 9.10. The predicted molar refractivity (Wildman–Crippen MR) is 154 cm³/mol. The Bertz CT molecular complexity index is 1200. The van der Waals surface area contributed by atoms with Crippen molar-refractivity contribution in [2.75, 3.05) is 19.6 Å². The molecule has 0 spiro atoms. The first-order valence-electron chi connectivity index (χ1n) is 13.7. The zero-order valence-corrected chi connectivity index (χ0v) is 22.9. The van der Waals surface area contributed by atoms with Gasteiger partial charge in [0.1, 0.15) is 11.5 Å². The number of nitrogens with zero attached hydrogens (tertiary/aromatic N) is 1. The van der Waals surface area contributed by atoms with Crippen molar-refractivity contribution in [1.82, 2.24) is 15.5 Å². The summed E-state index contributed by atoms with van der Waals surface area (Å²) in [6.07, 6.45) is 2.12. The lowest BCUT2D eigenvalue weighted by atomic mass is 9.93. The average Bonchev–Trinajstić information content (AvgIpc) is 2.88. The number of hydrogen-bond donors (Lipinski definition) is 5. The zero-order chi connectivity index (χ0) is 27.8. The maximum absolute atomic E-state index is 12.8. The van der Waals surface area contributed by atoms with E-state index < -0.39 is 6.10 Å². The van der Waals surface area contributed by atoms with Crippen LogP contribution in [0.3, 0.4) is 0 Å². The maximum Gasteiger partial charge on any atom is 0.224 e. The van der Waals surface area contributed by atoms with Crippen molar-refractivity contribution in [1.29, 1.82) is 0 Å². The molecule has 7 nitrogen and oxygen atoms in total. The van der Waals surface area contributed by atoms with Crippen LogP contribution < -0.4 is 10.6 Å². The first-order chi connectivity index (χ1) is 18.6. The van der Waals surface area contributed by atoms with Gasteiger partial charge >= 0.3 is 0 Å². The van der Waals surface area contributed by atoms with Gasteiger partial charge in [0.15, 0.2) is 0 Å². The molecule has 1 aliphatic rings. The number of piperidine rings is 1. The number of phenols is 2. The van der Waals surface area contributed by atoms with Gasteiger partial charge < -0.3 is 26.0 Å². The number of carbonyl (C=O) groups excluding carboxylic acids is 1. The number of hydrogen-bond acceptors (Lipinski definition) is 6. The second kappa shape index (κ2) is 13.1. The molecule has 1 fully saturated rings. The van der Waals surface area contributed by atoms with Gasteiger partial charge in [0, 0.05) is 43.8 Å². The van der Waals surface area contributed by atoms with Gasteiger partial charge in [-0.15, -0.1) is 0 Å². The molecule has 3 aromatic carbocycles. The topological polar surface area (TPSA) is 105 Å². The van der Waals surface area contributed by atoms with Crippen LogP contribution in [0.2, 0.25) is 0 Å².